The summed E-state index contributed by atoms with van der Waals surface area (Å²) in [6.07, 6.45) is 2.08. The van der Waals surface area contributed by atoms with Crippen LogP contribution in [0.25, 0.3) is 11.4 Å². The standard InChI is InChI=1S/C35H40N4O3/c1-4-23-42-30-18-17-28(33(40)26-15-11-8-12-16-26)32(31(30)34-36-29(6-3)27(5-2)35(41)37-34)39-21-19-38(20-22-39)24-25-13-9-7-10-14-25/h7-18H,4-6,19-24H2,1-3H3,(H,36,37,41). The quantitative estimate of drug-likeness (QED) is 0.229. The minimum atomic E-state index is -0.140. The van der Waals surface area contributed by atoms with Gasteiger partial charge in [-0.2, -0.15) is 0 Å². The molecule has 3 aromatic carbocycles. The van der Waals surface area contributed by atoms with Gasteiger partial charge in [-0.15, -0.1) is 0 Å². The number of H-pyrrole nitrogens is 1. The Hall–Kier alpha value is -4.23. The number of aromatic amines is 1. The van der Waals surface area contributed by atoms with Crippen LogP contribution >= 0.6 is 0 Å². The van der Waals surface area contributed by atoms with Crippen LogP contribution in [0.5, 0.6) is 5.75 Å². The van der Waals surface area contributed by atoms with Crippen LogP contribution < -0.4 is 15.2 Å². The molecule has 0 unspecified atom stereocenters. The van der Waals surface area contributed by atoms with Gasteiger partial charge in [0.1, 0.15) is 11.6 Å². The molecular weight excluding hydrogens is 524 g/mol. The van der Waals surface area contributed by atoms with Crippen molar-refractivity contribution in [3.05, 3.63) is 111 Å². The highest BCUT2D eigenvalue weighted by molar-refractivity contribution is 6.14. The largest absolute Gasteiger partial charge is 0.493 e. The normalized spacial score (nSPS) is 13.7. The van der Waals surface area contributed by atoms with Crippen molar-refractivity contribution in [1.29, 1.82) is 0 Å². The van der Waals surface area contributed by atoms with E-state index in [0.717, 1.165) is 50.5 Å². The molecule has 7 nitrogen and oxygen atoms in total. The smallest absolute Gasteiger partial charge is 0.254 e. The van der Waals surface area contributed by atoms with Gasteiger partial charge in [0, 0.05) is 49.4 Å². The molecule has 1 aliphatic heterocycles. The van der Waals surface area contributed by atoms with Gasteiger partial charge in [0.2, 0.25) is 0 Å². The van der Waals surface area contributed by atoms with Crippen molar-refractivity contribution in [1.82, 2.24) is 14.9 Å². The number of nitrogens with one attached hydrogen (secondary N) is 1. The molecule has 0 saturated carbocycles. The molecule has 0 spiro atoms. The molecule has 1 saturated heterocycles. The third-order valence-electron chi connectivity index (χ3n) is 7.85. The predicted octanol–water partition coefficient (Wildman–Crippen LogP) is 5.90. The summed E-state index contributed by atoms with van der Waals surface area (Å²) in [7, 11) is 0. The first-order chi connectivity index (χ1) is 20.5. The number of aromatic nitrogens is 2. The fourth-order valence-electron chi connectivity index (χ4n) is 5.68. The minimum Gasteiger partial charge on any atom is -0.493 e. The maximum absolute atomic E-state index is 14.0. The van der Waals surface area contributed by atoms with Gasteiger partial charge in [-0.05, 0) is 37.0 Å². The van der Waals surface area contributed by atoms with Gasteiger partial charge >= 0.3 is 0 Å². The first-order valence-electron chi connectivity index (χ1n) is 15.1. The fraction of sp³-hybridized carbons (Fsp3) is 0.343. The zero-order chi connectivity index (χ0) is 29.5. The number of aryl methyl sites for hydroxylation is 1. The van der Waals surface area contributed by atoms with Gasteiger partial charge < -0.3 is 14.6 Å². The lowest BCUT2D eigenvalue weighted by molar-refractivity contribution is 0.103. The number of hydrogen-bond acceptors (Lipinski definition) is 6. The maximum atomic E-state index is 14.0. The van der Waals surface area contributed by atoms with E-state index in [9.17, 15) is 9.59 Å². The summed E-state index contributed by atoms with van der Waals surface area (Å²) in [5.74, 6) is 1.01. The van der Waals surface area contributed by atoms with E-state index in [4.69, 9.17) is 9.72 Å². The highest BCUT2D eigenvalue weighted by atomic mass is 16.5. The number of nitrogens with zero attached hydrogens (tertiary/aromatic N) is 3. The molecule has 42 heavy (non-hydrogen) atoms. The van der Waals surface area contributed by atoms with Crippen LogP contribution in [0.2, 0.25) is 0 Å². The molecule has 0 amide bonds. The van der Waals surface area contributed by atoms with E-state index in [1.165, 1.54) is 5.56 Å². The number of piperazine rings is 1. The first kappa shape index (κ1) is 29.3. The lowest BCUT2D eigenvalue weighted by Gasteiger charge is -2.38. The molecule has 1 aromatic heterocycles. The van der Waals surface area contributed by atoms with Crippen molar-refractivity contribution in [3.8, 4) is 17.1 Å². The zero-order valence-electron chi connectivity index (χ0n) is 24.9. The SMILES string of the molecule is CCCOc1ccc(C(=O)c2ccccc2)c(N2CCN(Cc3ccccc3)CC2)c1-c1nc(CC)c(CC)c(=O)[nH]1. The Bertz CT molecular complexity index is 1560. The molecule has 218 valence electrons. The monoisotopic (exact) mass is 564 g/mol. The van der Waals surface area contributed by atoms with Crippen LogP contribution in [0.4, 0.5) is 5.69 Å². The second-order valence-corrected chi connectivity index (χ2v) is 10.7. The molecule has 0 bridgehead atoms. The fourth-order valence-corrected chi connectivity index (χ4v) is 5.68. The molecular formula is C35H40N4O3. The first-order valence-corrected chi connectivity index (χ1v) is 15.1. The number of rotatable bonds is 11. The summed E-state index contributed by atoms with van der Waals surface area (Å²) >= 11 is 0. The molecule has 7 heteroatoms. The zero-order valence-corrected chi connectivity index (χ0v) is 24.9. The molecule has 1 aliphatic rings. The summed E-state index contributed by atoms with van der Waals surface area (Å²) in [6.45, 7) is 10.6. The highest BCUT2D eigenvalue weighted by Gasteiger charge is 2.29. The van der Waals surface area contributed by atoms with Gasteiger partial charge in [0.25, 0.3) is 5.56 Å². The van der Waals surface area contributed by atoms with Crippen LogP contribution in [0.3, 0.4) is 0 Å². The van der Waals surface area contributed by atoms with Crippen LogP contribution in [0.15, 0.2) is 77.6 Å². The summed E-state index contributed by atoms with van der Waals surface area (Å²) in [4.78, 5) is 40.1. The number of benzene rings is 3. The molecule has 5 rings (SSSR count). The van der Waals surface area contributed by atoms with E-state index in [1.54, 1.807) is 0 Å². The van der Waals surface area contributed by atoms with Gasteiger partial charge in [-0.1, -0.05) is 81.4 Å². The Morgan fingerprint density at radius 1 is 0.881 bits per heavy atom. The van der Waals surface area contributed by atoms with E-state index in [0.29, 0.717) is 53.3 Å². The third kappa shape index (κ3) is 6.31. The van der Waals surface area contributed by atoms with Crippen LogP contribution in [-0.2, 0) is 19.4 Å². The number of ether oxygens (including phenoxy) is 1. The van der Waals surface area contributed by atoms with Crippen molar-refractivity contribution >= 4 is 11.5 Å². The second-order valence-electron chi connectivity index (χ2n) is 10.7. The lowest BCUT2D eigenvalue weighted by atomic mass is 9.95. The lowest BCUT2D eigenvalue weighted by Crippen LogP contribution is -2.46. The number of carbonyl (C=O) groups excluding carboxylic acids is 1. The third-order valence-corrected chi connectivity index (χ3v) is 7.85. The molecule has 1 N–H and O–H groups in total. The number of ketones is 1. The van der Waals surface area contributed by atoms with Crippen molar-refractivity contribution in [2.45, 2.75) is 46.6 Å². The Labute approximate surface area is 248 Å². The molecule has 0 atom stereocenters. The Morgan fingerprint density at radius 3 is 2.21 bits per heavy atom. The van der Waals surface area contributed by atoms with E-state index in [2.05, 4.69) is 46.0 Å². The van der Waals surface area contributed by atoms with Crippen molar-refractivity contribution in [2.75, 3.05) is 37.7 Å². The molecule has 0 radical (unpaired) electrons. The number of anilines is 1. The van der Waals surface area contributed by atoms with Crippen LogP contribution in [0, 0.1) is 0 Å². The average molecular weight is 565 g/mol. The topological polar surface area (TPSA) is 78.5 Å². The van der Waals surface area contributed by atoms with Gasteiger partial charge in [-0.3, -0.25) is 14.5 Å². The van der Waals surface area contributed by atoms with Crippen LogP contribution in [0.1, 0.15) is 59.9 Å². The summed E-state index contributed by atoms with van der Waals surface area (Å²) in [5.41, 5.74) is 5.26. The van der Waals surface area contributed by atoms with Crippen molar-refractivity contribution in [3.63, 3.8) is 0 Å². The van der Waals surface area contributed by atoms with E-state index in [1.807, 2.05) is 62.4 Å². The highest BCUT2D eigenvalue weighted by Crippen LogP contribution is 2.41. The van der Waals surface area contributed by atoms with Crippen molar-refractivity contribution in [2.24, 2.45) is 0 Å². The molecule has 0 aliphatic carbocycles. The Balaban J connectivity index is 1.64. The molecule has 4 aromatic rings. The maximum Gasteiger partial charge on any atom is 0.254 e. The van der Waals surface area contributed by atoms with Crippen LogP contribution in [-0.4, -0.2) is 53.4 Å². The van der Waals surface area contributed by atoms with E-state index >= 15 is 0 Å². The van der Waals surface area contributed by atoms with Gasteiger partial charge in [0.05, 0.1) is 23.6 Å². The minimum absolute atomic E-state index is 0.0659. The Morgan fingerprint density at radius 2 is 1.57 bits per heavy atom. The molecule has 1 fully saturated rings. The second kappa shape index (κ2) is 13.6. The number of hydrogen-bond donors (Lipinski definition) is 1. The van der Waals surface area contributed by atoms with Gasteiger partial charge in [-0.25, -0.2) is 4.98 Å². The molecule has 2 heterocycles. The van der Waals surface area contributed by atoms with Gasteiger partial charge in [0.15, 0.2) is 5.78 Å². The summed E-state index contributed by atoms with van der Waals surface area (Å²) in [6, 6.07) is 23.6. The Kier molecular flexibility index (Phi) is 9.49. The van der Waals surface area contributed by atoms with E-state index in [-0.39, 0.29) is 11.3 Å². The van der Waals surface area contributed by atoms with E-state index < -0.39 is 0 Å². The number of carbonyl (C=O) groups is 1. The predicted molar refractivity (Wildman–Crippen MR) is 169 cm³/mol. The average Bonchev–Trinajstić information content (AvgIpc) is 3.04. The summed E-state index contributed by atoms with van der Waals surface area (Å²) in [5, 5.41) is 0. The summed E-state index contributed by atoms with van der Waals surface area (Å²) < 4.78 is 6.27. The van der Waals surface area contributed by atoms with Crippen molar-refractivity contribution < 1.29 is 9.53 Å².